The van der Waals surface area contributed by atoms with E-state index in [-0.39, 0.29) is 17.1 Å². The molecule has 1 N–H and O–H groups in total. The lowest BCUT2D eigenvalue weighted by Crippen LogP contribution is -2.21. The van der Waals surface area contributed by atoms with Crippen LogP contribution in [0.15, 0.2) is 28.2 Å². The van der Waals surface area contributed by atoms with Gasteiger partial charge in [-0.15, -0.1) is 0 Å². The van der Waals surface area contributed by atoms with Gasteiger partial charge in [-0.1, -0.05) is 26.8 Å². The summed E-state index contributed by atoms with van der Waals surface area (Å²) in [4.78, 5) is 12.0. The molecule has 0 aromatic heterocycles. The molecule has 1 aromatic rings. The van der Waals surface area contributed by atoms with E-state index in [0.29, 0.717) is 10.0 Å². The maximum absolute atomic E-state index is 12.0. The van der Waals surface area contributed by atoms with Crippen LogP contribution in [0.1, 0.15) is 26.3 Å². The summed E-state index contributed by atoms with van der Waals surface area (Å²) in [7, 11) is 0. The SMILES string of the molecule is CC(C)(C)C(=O)/C(C#N)=C/c1ccc(O)c(Br)c1. The molecule has 0 saturated heterocycles. The minimum absolute atomic E-state index is 0.111. The summed E-state index contributed by atoms with van der Waals surface area (Å²) in [5.41, 5.74) is 0.212. The molecule has 3 nitrogen and oxygen atoms in total. The van der Waals surface area contributed by atoms with Crippen molar-refractivity contribution in [3.05, 3.63) is 33.8 Å². The third kappa shape index (κ3) is 3.44. The number of ketones is 1. The van der Waals surface area contributed by atoms with Gasteiger partial charge in [0.1, 0.15) is 11.8 Å². The summed E-state index contributed by atoms with van der Waals surface area (Å²) in [5, 5.41) is 18.4. The highest BCUT2D eigenvalue weighted by Crippen LogP contribution is 2.26. The van der Waals surface area contributed by atoms with E-state index in [0.717, 1.165) is 0 Å². The van der Waals surface area contributed by atoms with E-state index in [9.17, 15) is 9.90 Å². The number of phenolic OH excluding ortho intramolecular Hbond substituents is 1. The first kappa shape index (κ1) is 14.5. The predicted octanol–water partition coefficient (Wildman–Crippen LogP) is 3.68. The molecule has 0 heterocycles. The van der Waals surface area contributed by atoms with Crippen molar-refractivity contribution in [2.45, 2.75) is 20.8 Å². The van der Waals surface area contributed by atoms with Crippen molar-refractivity contribution >= 4 is 27.8 Å². The van der Waals surface area contributed by atoms with Crippen LogP contribution in [0.3, 0.4) is 0 Å². The van der Waals surface area contributed by atoms with Crippen molar-refractivity contribution in [1.82, 2.24) is 0 Å². The molecule has 18 heavy (non-hydrogen) atoms. The van der Waals surface area contributed by atoms with Gasteiger partial charge in [-0.25, -0.2) is 0 Å². The van der Waals surface area contributed by atoms with Gasteiger partial charge in [-0.2, -0.15) is 5.26 Å². The molecule has 0 aliphatic heterocycles. The minimum atomic E-state index is -0.588. The van der Waals surface area contributed by atoms with Crippen molar-refractivity contribution in [1.29, 1.82) is 5.26 Å². The molecule has 0 aliphatic rings. The zero-order chi connectivity index (χ0) is 13.9. The number of aromatic hydroxyl groups is 1. The number of halogens is 1. The Bertz CT molecular complexity index is 548. The summed E-state index contributed by atoms with van der Waals surface area (Å²) in [6.45, 7) is 5.31. The van der Waals surface area contributed by atoms with Crippen molar-refractivity contribution in [2.75, 3.05) is 0 Å². The summed E-state index contributed by atoms with van der Waals surface area (Å²) < 4.78 is 0.525. The summed E-state index contributed by atoms with van der Waals surface area (Å²) in [6.07, 6.45) is 1.53. The van der Waals surface area contributed by atoms with E-state index < -0.39 is 5.41 Å². The highest BCUT2D eigenvalue weighted by atomic mass is 79.9. The molecule has 1 aromatic carbocycles. The van der Waals surface area contributed by atoms with Gasteiger partial charge in [-0.05, 0) is 39.7 Å². The van der Waals surface area contributed by atoms with E-state index in [4.69, 9.17) is 5.26 Å². The Labute approximate surface area is 115 Å². The Morgan fingerprint density at radius 2 is 2.06 bits per heavy atom. The molecule has 4 heteroatoms. The van der Waals surface area contributed by atoms with Crippen molar-refractivity contribution < 1.29 is 9.90 Å². The van der Waals surface area contributed by atoms with E-state index in [1.807, 2.05) is 6.07 Å². The van der Waals surface area contributed by atoms with Gasteiger partial charge in [0.15, 0.2) is 5.78 Å². The molecule has 1 rings (SSSR count). The van der Waals surface area contributed by atoms with Crippen LogP contribution in [0.4, 0.5) is 0 Å². The number of nitrogens with zero attached hydrogens (tertiary/aromatic N) is 1. The lowest BCUT2D eigenvalue weighted by molar-refractivity contribution is -0.121. The van der Waals surface area contributed by atoms with Gasteiger partial charge in [0.2, 0.25) is 0 Å². The van der Waals surface area contributed by atoms with Crippen LogP contribution in [-0.4, -0.2) is 10.9 Å². The molecule has 94 valence electrons. The largest absolute Gasteiger partial charge is 0.507 e. The molecule has 0 bridgehead atoms. The van der Waals surface area contributed by atoms with Crippen LogP contribution >= 0.6 is 15.9 Å². The standard InChI is InChI=1S/C14H14BrNO2/c1-14(2,3)13(18)10(8-16)6-9-4-5-12(17)11(15)7-9/h4-7,17H,1-3H3/b10-6+. The number of hydrogen-bond donors (Lipinski definition) is 1. The molecule has 0 aliphatic carbocycles. The third-order valence-electron chi connectivity index (χ3n) is 2.33. The normalized spacial score (nSPS) is 12.1. The zero-order valence-electron chi connectivity index (χ0n) is 10.5. The Morgan fingerprint density at radius 3 is 2.50 bits per heavy atom. The van der Waals surface area contributed by atoms with E-state index in [1.54, 1.807) is 32.9 Å². The second-order valence-corrected chi connectivity index (χ2v) is 5.81. The van der Waals surface area contributed by atoms with E-state index >= 15 is 0 Å². The number of rotatable bonds is 2. The molecule has 0 unspecified atom stereocenters. The number of phenols is 1. The van der Waals surface area contributed by atoms with Gasteiger partial charge < -0.3 is 5.11 Å². The van der Waals surface area contributed by atoms with Crippen molar-refractivity contribution in [3.8, 4) is 11.8 Å². The molecule has 0 fully saturated rings. The average Bonchev–Trinajstić information content (AvgIpc) is 2.28. The summed E-state index contributed by atoms with van der Waals surface area (Å²) in [6, 6.07) is 6.73. The van der Waals surface area contributed by atoms with Gasteiger partial charge in [0, 0.05) is 5.41 Å². The smallest absolute Gasteiger partial charge is 0.178 e. The predicted molar refractivity (Wildman–Crippen MR) is 73.9 cm³/mol. The second kappa shape index (κ2) is 5.36. The minimum Gasteiger partial charge on any atom is -0.507 e. The third-order valence-corrected chi connectivity index (χ3v) is 2.96. The van der Waals surface area contributed by atoms with Crippen LogP contribution in [0.2, 0.25) is 0 Å². The fraction of sp³-hybridized carbons (Fsp3) is 0.286. The maximum Gasteiger partial charge on any atom is 0.178 e. The quantitative estimate of drug-likeness (QED) is 0.669. The lowest BCUT2D eigenvalue weighted by Gasteiger charge is -2.15. The first-order chi connectivity index (χ1) is 8.25. The Morgan fingerprint density at radius 1 is 1.44 bits per heavy atom. The topological polar surface area (TPSA) is 61.1 Å². The monoisotopic (exact) mass is 307 g/mol. The second-order valence-electron chi connectivity index (χ2n) is 4.96. The van der Waals surface area contributed by atoms with Crippen molar-refractivity contribution in [3.63, 3.8) is 0 Å². The van der Waals surface area contributed by atoms with Gasteiger partial charge >= 0.3 is 0 Å². The fourth-order valence-corrected chi connectivity index (χ4v) is 1.73. The Hall–Kier alpha value is -1.60. The number of benzene rings is 1. The zero-order valence-corrected chi connectivity index (χ0v) is 12.1. The maximum atomic E-state index is 12.0. The molecule has 0 saturated carbocycles. The molecule has 0 atom stereocenters. The van der Waals surface area contributed by atoms with E-state index in [1.165, 1.54) is 12.1 Å². The van der Waals surface area contributed by atoms with Crippen molar-refractivity contribution in [2.24, 2.45) is 5.41 Å². The molecular weight excluding hydrogens is 294 g/mol. The highest BCUT2D eigenvalue weighted by Gasteiger charge is 2.24. The number of allylic oxidation sites excluding steroid dienone is 1. The van der Waals surface area contributed by atoms with Crippen LogP contribution in [-0.2, 0) is 4.79 Å². The fourth-order valence-electron chi connectivity index (χ4n) is 1.33. The molecule has 0 radical (unpaired) electrons. The van der Waals surface area contributed by atoms with Gasteiger partial charge in [0.25, 0.3) is 0 Å². The van der Waals surface area contributed by atoms with Crippen LogP contribution in [0.25, 0.3) is 6.08 Å². The molecular formula is C14H14BrNO2. The number of carbonyl (C=O) groups excluding carboxylic acids is 1. The summed E-state index contributed by atoms with van der Waals surface area (Å²) in [5.74, 6) is -0.0815. The lowest BCUT2D eigenvalue weighted by atomic mass is 9.86. The number of nitriles is 1. The first-order valence-electron chi connectivity index (χ1n) is 5.41. The summed E-state index contributed by atoms with van der Waals surface area (Å²) >= 11 is 3.19. The number of hydrogen-bond acceptors (Lipinski definition) is 3. The van der Waals surface area contributed by atoms with Gasteiger partial charge in [0.05, 0.1) is 10.0 Å². The Balaban J connectivity index is 3.17. The first-order valence-corrected chi connectivity index (χ1v) is 6.20. The number of Topliss-reactive ketones (excluding diaryl/α,β-unsaturated/α-hetero) is 1. The van der Waals surface area contributed by atoms with Crippen LogP contribution in [0, 0.1) is 16.7 Å². The number of carbonyl (C=O) groups is 1. The van der Waals surface area contributed by atoms with Crippen LogP contribution in [0.5, 0.6) is 5.75 Å². The molecule has 0 amide bonds. The van der Waals surface area contributed by atoms with Crippen LogP contribution < -0.4 is 0 Å². The average molecular weight is 308 g/mol. The highest BCUT2D eigenvalue weighted by molar-refractivity contribution is 9.10. The molecule has 0 spiro atoms. The van der Waals surface area contributed by atoms with Gasteiger partial charge in [-0.3, -0.25) is 4.79 Å². The Kier molecular flexibility index (Phi) is 4.31. The van der Waals surface area contributed by atoms with E-state index in [2.05, 4.69) is 15.9 Å².